The predicted octanol–water partition coefficient (Wildman–Crippen LogP) is 2.46. The molecule has 2 nitrogen and oxygen atoms in total. The van der Waals surface area contributed by atoms with Gasteiger partial charge >= 0.3 is 0 Å². The van der Waals surface area contributed by atoms with E-state index in [1.807, 2.05) is 12.1 Å². The lowest BCUT2D eigenvalue weighted by molar-refractivity contribution is 0.305. The van der Waals surface area contributed by atoms with Crippen molar-refractivity contribution in [3.63, 3.8) is 0 Å². The zero-order valence-electron chi connectivity index (χ0n) is 8.86. The number of para-hydroxylation sites is 1. The monoisotopic (exact) mass is 191 g/mol. The lowest BCUT2D eigenvalue weighted by atomic mass is 10.0. The number of hydrogen-bond acceptors (Lipinski definition) is 2. The van der Waals surface area contributed by atoms with Crippen LogP contribution in [0.2, 0.25) is 0 Å². The van der Waals surface area contributed by atoms with Crippen molar-refractivity contribution in [2.75, 3.05) is 20.7 Å². The quantitative estimate of drug-likeness (QED) is 0.712. The molecule has 14 heavy (non-hydrogen) atoms. The highest BCUT2D eigenvalue weighted by Crippen LogP contribution is 2.35. The van der Waals surface area contributed by atoms with E-state index in [2.05, 4.69) is 24.1 Å². The summed E-state index contributed by atoms with van der Waals surface area (Å²) in [5.41, 5.74) is 1.33. The second kappa shape index (κ2) is 4.01. The standard InChI is InChI=1S/C12H17NO/c1-13-9-5-7-11(13)10-6-3-4-8-12(10)14-2/h3-4,6,8,11H,5,7,9H2,1-2H3/t11-/m1/s1. The summed E-state index contributed by atoms with van der Waals surface area (Å²) in [6.07, 6.45) is 2.54. The molecule has 76 valence electrons. The minimum absolute atomic E-state index is 0.547. The summed E-state index contributed by atoms with van der Waals surface area (Å²) in [6.45, 7) is 1.20. The maximum atomic E-state index is 5.38. The van der Waals surface area contributed by atoms with Crippen molar-refractivity contribution >= 4 is 0 Å². The smallest absolute Gasteiger partial charge is 0.123 e. The average molecular weight is 191 g/mol. The second-order valence-corrected chi connectivity index (χ2v) is 3.88. The van der Waals surface area contributed by atoms with Crippen LogP contribution in [-0.4, -0.2) is 25.6 Å². The van der Waals surface area contributed by atoms with Crippen molar-refractivity contribution in [2.45, 2.75) is 18.9 Å². The molecule has 2 rings (SSSR count). The van der Waals surface area contributed by atoms with Gasteiger partial charge in [-0.3, -0.25) is 4.90 Å². The molecule has 0 amide bonds. The third-order valence-electron chi connectivity index (χ3n) is 3.02. The van der Waals surface area contributed by atoms with Crippen LogP contribution in [0.4, 0.5) is 0 Å². The fraction of sp³-hybridized carbons (Fsp3) is 0.500. The van der Waals surface area contributed by atoms with Crippen molar-refractivity contribution in [3.05, 3.63) is 29.8 Å². The molecule has 0 aromatic heterocycles. The summed E-state index contributed by atoms with van der Waals surface area (Å²) in [7, 11) is 3.93. The van der Waals surface area contributed by atoms with Crippen LogP contribution in [0.25, 0.3) is 0 Å². The Hall–Kier alpha value is -1.02. The Bertz CT molecular complexity index is 311. The molecular formula is C12H17NO. The Balaban J connectivity index is 2.30. The van der Waals surface area contributed by atoms with Gasteiger partial charge in [0.1, 0.15) is 5.75 Å². The van der Waals surface area contributed by atoms with Crippen LogP contribution in [-0.2, 0) is 0 Å². The highest BCUT2D eigenvalue weighted by atomic mass is 16.5. The Morgan fingerprint density at radius 3 is 2.79 bits per heavy atom. The van der Waals surface area contributed by atoms with Gasteiger partial charge in [0.15, 0.2) is 0 Å². The number of methoxy groups -OCH3 is 1. The minimum atomic E-state index is 0.547. The molecule has 1 atom stereocenters. The van der Waals surface area contributed by atoms with Gasteiger partial charge in [0.05, 0.1) is 7.11 Å². The van der Waals surface area contributed by atoms with Gasteiger partial charge < -0.3 is 4.74 Å². The van der Waals surface area contributed by atoms with Gasteiger partial charge in [-0.1, -0.05) is 18.2 Å². The van der Waals surface area contributed by atoms with Crippen LogP contribution >= 0.6 is 0 Å². The van der Waals surface area contributed by atoms with Crippen LogP contribution in [0.1, 0.15) is 24.4 Å². The van der Waals surface area contributed by atoms with Gasteiger partial charge in [0.25, 0.3) is 0 Å². The molecule has 1 aromatic rings. The number of likely N-dealkylation sites (tertiary alicyclic amines) is 1. The topological polar surface area (TPSA) is 12.5 Å². The summed E-state index contributed by atoms with van der Waals surface area (Å²) in [5.74, 6) is 1.02. The summed E-state index contributed by atoms with van der Waals surface area (Å²) in [6, 6.07) is 8.87. The Labute approximate surface area is 85.5 Å². The number of nitrogens with zero attached hydrogens (tertiary/aromatic N) is 1. The first-order valence-corrected chi connectivity index (χ1v) is 5.16. The highest BCUT2D eigenvalue weighted by Gasteiger charge is 2.24. The Morgan fingerprint density at radius 1 is 1.36 bits per heavy atom. The Kier molecular flexibility index (Phi) is 2.73. The normalized spacial score (nSPS) is 22.6. The van der Waals surface area contributed by atoms with Crippen molar-refractivity contribution in [1.82, 2.24) is 4.90 Å². The van der Waals surface area contributed by atoms with Gasteiger partial charge in [-0.25, -0.2) is 0 Å². The molecule has 0 radical (unpaired) electrons. The van der Waals surface area contributed by atoms with Crippen LogP contribution in [0, 0.1) is 0 Å². The van der Waals surface area contributed by atoms with E-state index in [-0.39, 0.29) is 0 Å². The molecule has 2 heteroatoms. The predicted molar refractivity (Wildman–Crippen MR) is 57.6 cm³/mol. The lowest BCUT2D eigenvalue weighted by Gasteiger charge is -2.21. The maximum Gasteiger partial charge on any atom is 0.123 e. The molecule has 0 saturated carbocycles. The van der Waals surface area contributed by atoms with E-state index in [0.29, 0.717) is 6.04 Å². The second-order valence-electron chi connectivity index (χ2n) is 3.88. The van der Waals surface area contributed by atoms with Gasteiger partial charge in [0, 0.05) is 11.6 Å². The molecule has 0 spiro atoms. The molecule has 1 aromatic carbocycles. The van der Waals surface area contributed by atoms with E-state index >= 15 is 0 Å². The van der Waals surface area contributed by atoms with Crippen LogP contribution in [0.3, 0.4) is 0 Å². The molecule has 0 bridgehead atoms. The third kappa shape index (κ3) is 1.62. The molecule has 1 heterocycles. The fourth-order valence-corrected chi connectivity index (χ4v) is 2.24. The molecule has 1 fully saturated rings. The van der Waals surface area contributed by atoms with E-state index in [1.54, 1.807) is 7.11 Å². The van der Waals surface area contributed by atoms with Crippen molar-refractivity contribution in [3.8, 4) is 5.75 Å². The summed E-state index contributed by atoms with van der Waals surface area (Å²) in [5, 5.41) is 0. The first-order chi connectivity index (χ1) is 6.83. The molecule has 0 aliphatic carbocycles. The summed E-state index contributed by atoms with van der Waals surface area (Å²) < 4.78 is 5.38. The van der Waals surface area contributed by atoms with Gasteiger partial charge in [-0.2, -0.15) is 0 Å². The van der Waals surface area contributed by atoms with Crippen LogP contribution in [0.15, 0.2) is 24.3 Å². The number of benzene rings is 1. The first-order valence-electron chi connectivity index (χ1n) is 5.16. The largest absolute Gasteiger partial charge is 0.496 e. The number of hydrogen-bond donors (Lipinski definition) is 0. The summed E-state index contributed by atoms with van der Waals surface area (Å²) in [4.78, 5) is 2.40. The first kappa shape index (κ1) is 9.53. The van der Waals surface area contributed by atoms with Gasteiger partial charge in [-0.15, -0.1) is 0 Å². The van der Waals surface area contributed by atoms with E-state index < -0.39 is 0 Å². The van der Waals surface area contributed by atoms with E-state index in [1.165, 1.54) is 24.9 Å². The fourth-order valence-electron chi connectivity index (χ4n) is 2.24. The Morgan fingerprint density at radius 2 is 2.14 bits per heavy atom. The SMILES string of the molecule is COc1ccccc1[C@H]1CCCN1C. The van der Waals surface area contributed by atoms with Crippen LogP contribution < -0.4 is 4.74 Å². The molecule has 1 aliphatic rings. The van der Waals surface area contributed by atoms with Gasteiger partial charge in [-0.05, 0) is 32.5 Å². The zero-order chi connectivity index (χ0) is 9.97. The lowest BCUT2D eigenvalue weighted by Crippen LogP contribution is -2.17. The zero-order valence-corrected chi connectivity index (χ0v) is 8.86. The van der Waals surface area contributed by atoms with Gasteiger partial charge in [0.2, 0.25) is 0 Å². The van der Waals surface area contributed by atoms with Crippen molar-refractivity contribution in [1.29, 1.82) is 0 Å². The number of rotatable bonds is 2. The minimum Gasteiger partial charge on any atom is -0.496 e. The molecule has 0 unspecified atom stereocenters. The van der Waals surface area contributed by atoms with E-state index in [9.17, 15) is 0 Å². The van der Waals surface area contributed by atoms with Crippen molar-refractivity contribution < 1.29 is 4.74 Å². The molecule has 1 aliphatic heterocycles. The summed E-state index contributed by atoms with van der Waals surface area (Å²) >= 11 is 0. The van der Waals surface area contributed by atoms with Crippen molar-refractivity contribution in [2.24, 2.45) is 0 Å². The average Bonchev–Trinajstić information content (AvgIpc) is 2.64. The molecule has 1 saturated heterocycles. The molecular weight excluding hydrogens is 174 g/mol. The van der Waals surface area contributed by atoms with Crippen LogP contribution in [0.5, 0.6) is 5.75 Å². The number of ether oxygens (including phenoxy) is 1. The molecule has 0 N–H and O–H groups in total. The van der Waals surface area contributed by atoms with E-state index in [4.69, 9.17) is 4.74 Å². The highest BCUT2D eigenvalue weighted by molar-refractivity contribution is 5.36. The third-order valence-corrected chi connectivity index (χ3v) is 3.02. The maximum absolute atomic E-state index is 5.38. The van der Waals surface area contributed by atoms with E-state index in [0.717, 1.165) is 5.75 Å².